The molecule has 7 nitrogen and oxygen atoms in total. The minimum atomic E-state index is -2.12. The Kier molecular flexibility index (Phi) is 8.43. The summed E-state index contributed by atoms with van der Waals surface area (Å²) in [6, 6.07) is 11.5. The van der Waals surface area contributed by atoms with Crippen molar-refractivity contribution in [2.24, 2.45) is 0 Å². The number of nitrogens with zero attached hydrogens (tertiary/aromatic N) is 2. The van der Waals surface area contributed by atoms with E-state index in [1.54, 1.807) is 18.0 Å². The number of benzene rings is 2. The number of fused-ring (bicyclic) bond motifs is 3. The van der Waals surface area contributed by atoms with E-state index in [4.69, 9.17) is 21.1 Å². The number of methoxy groups -OCH3 is 1. The highest BCUT2D eigenvalue weighted by atomic mass is 35.5. The molecule has 2 heterocycles. The van der Waals surface area contributed by atoms with E-state index in [2.05, 4.69) is 29.2 Å². The highest BCUT2D eigenvalue weighted by molar-refractivity contribution is 6.30. The number of amides is 1. The molecule has 40 heavy (non-hydrogen) atoms. The number of hydrogen-bond acceptors (Lipinski definition) is 6. The summed E-state index contributed by atoms with van der Waals surface area (Å²) in [5.74, 6) is -0.475. The van der Waals surface area contributed by atoms with Crippen LogP contribution in [0.1, 0.15) is 61.6 Å². The van der Waals surface area contributed by atoms with E-state index in [9.17, 15) is 14.7 Å². The minimum Gasteiger partial charge on any atom is -0.490 e. The van der Waals surface area contributed by atoms with Gasteiger partial charge in [-0.15, -0.1) is 0 Å². The van der Waals surface area contributed by atoms with Crippen molar-refractivity contribution in [1.82, 2.24) is 4.90 Å². The van der Waals surface area contributed by atoms with Gasteiger partial charge < -0.3 is 24.4 Å². The molecule has 0 unspecified atom stereocenters. The summed E-state index contributed by atoms with van der Waals surface area (Å²) in [4.78, 5) is 30.0. The number of carbonyl (C=O) groups is 2. The summed E-state index contributed by atoms with van der Waals surface area (Å²) in [5.41, 5.74) is 1.37. The van der Waals surface area contributed by atoms with Crippen molar-refractivity contribution in [2.75, 3.05) is 45.3 Å². The molecule has 2 aromatic rings. The normalized spacial score (nSPS) is 26.4. The van der Waals surface area contributed by atoms with Crippen LogP contribution in [-0.4, -0.2) is 62.3 Å². The van der Waals surface area contributed by atoms with E-state index in [0.29, 0.717) is 30.9 Å². The summed E-state index contributed by atoms with van der Waals surface area (Å²) in [5, 5.41) is 12.5. The van der Waals surface area contributed by atoms with Crippen molar-refractivity contribution in [3.8, 4) is 5.75 Å². The third kappa shape index (κ3) is 5.59. The monoisotopic (exact) mass is 566 g/mol. The van der Waals surface area contributed by atoms with Crippen LogP contribution in [0.15, 0.2) is 48.6 Å². The number of aliphatic hydroxyl groups is 1. The Morgan fingerprint density at radius 2 is 1.90 bits per heavy atom. The van der Waals surface area contributed by atoms with E-state index < -0.39 is 18.0 Å². The van der Waals surface area contributed by atoms with Gasteiger partial charge in [0.2, 0.25) is 5.91 Å². The van der Waals surface area contributed by atoms with Crippen molar-refractivity contribution in [1.29, 1.82) is 0 Å². The van der Waals surface area contributed by atoms with Gasteiger partial charge >= 0.3 is 5.97 Å². The molecule has 2 bridgehead atoms. The first-order valence-electron chi connectivity index (χ1n) is 14.3. The molecule has 0 fully saturated rings. The molecule has 0 aromatic heterocycles. The zero-order valence-electron chi connectivity index (χ0n) is 23.5. The number of carbonyl (C=O) groups excluding carboxylic acids is 2. The first-order valence-corrected chi connectivity index (χ1v) is 14.6. The summed E-state index contributed by atoms with van der Waals surface area (Å²) >= 11 is 6.37. The fourth-order valence-electron chi connectivity index (χ4n) is 6.42. The molecule has 1 amide bonds. The van der Waals surface area contributed by atoms with Crippen LogP contribution < -0.4 is 9.64 Å². The summed E-state index contributed by atoms with van der Waals surface area (Å²) in [7, 11) is 2.92. The Labute approximate surface area is 241 Å². The predicted octanol–water partition coefficient (Wildman–Crippen LogP) is 5.15. The van der Waals surface area contributed by atoms with E-state index in [1.807, 2.05) is 18.2 Å². The zero-order valence-corrected chi connectivity index (χ0v) is 24.2. The van der Waals surface area contributed by atoms with Crippen molar-refractivity contribution >= 4 is 29.2 Å². The molecule has 2 aromatic carbocycles. The molecule has 1 aliphatic carbocycles. The molecular formula is C32H39ClN2O5. The third-order valence-electron chi connectivity index (χ3n) is 8.72. The molecule has 0 saturated heterocycles. The molecule has 2 atom stereocenters. The first kappa shape index (κ1) is 28.5. The van der Waals surface area contributed by atoms with Gasteiger partial charge in [0.25, 0.3) is 0 Å². The fraction of sp³-hybridized carbons (Fsp3) is 0.500. The Balaban J connectivity index is 1.58. The number of anilines is 1. The van der Waals surface area contributed by atoms with E-state index >= 15 is 0 Å². The van der Waals surface area contributed by atoms with Gasteiger partial charge in [-0.2, -0.15) is 0 Å². The van der Waals surface area contributed by atoms with E-state index in [-0.39, 0.29) is 11.3 Å². The lowest BCUT2D eigenvalue weighted by atomic mass is 9.70. The highest BCUT2D eigenvalue weighted by Gasteiger charge is 2.45. The summed E-state index contributed by atoms with van der Waals surface area (Å²) in [6.07, 6.45) is 10.6. The molecule has 5 rings (SSSR count). The van der Waals surface area contributed by atoms with Crippen molar-refractivity contribution < 1.29 is 24.2 Å². The molecule has 0 radical (unpaired) electrons. The second kappa shape index (κ2) is 11.8. The topological polar surface area (TPSA) is 79.3 Å². The summed E-state index contributed by atoms with van der Waals surface area (Å²) in [6.45, 7) is 2.58. The zero-order chi connectivity index (χ0) is 28.3. The van der Waals surface area contributed by atoms with Gasteiger partial charge in [-0.05, 0) is 85.9 Å². The van der Waals surface area contributed by atoms with Crippen LogP contribution >= 0.6 is 11.6 Å². The standard InChI is InChI=1S/C32H39ClN2O5/c1-34-16-7-5-3-4-6-8-17-35-21-31(15-9-10-23-18-25(33)12-13-26(23)31)22-40-28-14-11-24(19-27(28)35)32(38,20-29(34)36)30(37)39-2/h3,5,11-14,18-19,38H,4,6-10,15-17,20-22H2,1-2H3/b5-3+/t31-,32-/m0/s1. The number of aryl methyl sites for hydroxylation is 1. The number of rotatable bonds is 1. The SMILES string of the molecule is COC(=O)[C@]1(O)CC(=O)N(C)CC/C=C/CCCCN2C[C@@]3(CCCc4cc(Cl)ccc43)COc3ccc1cc32. The van der Waals surface area contributed by atoms with E-state index in [1.165, 1.54) is 18.2 Å². The molecule has 2 aliphatic heterocycles. The van der Waals surface area contributed by atoms with Crippen LogP contribution in [0.3, 0.4) is 0 Å². The van der Waals surface area contributed by atoms with Crippen molar-refractivity contribution in [2.45, 2.75) is 62.4 Å². The maximum atomic E-state index is 13.1. The quantitative estimate of drug-likeness (QED) is 0.380. The van der Waals surface area contributed by atoms with Gasteiger partial charge in [0, 0.05) is 37.1 Å². The highest BCUT2D eigenvalue weighted by Crippen LogP contribution is 2.45. The third-order valence-corrected chi connectivity index (χ3v) is 8.95. The van der Waals surface area contributed by atoms with Crippen LogP contribution in [0.4, 0.5) is 5.69 Å². The van der Waals surface area contributed by atoms with Gasteiger partial charge in [0.15, 0.2) is 5.60 Å². The van der Waals surface area contributed by atoms with Gasteiger partial charge in [-0.3, -0.25) is 4.79 Å². The molecule has 3 aliphatic rings. The molecule has 8 heteroatoms. The van der Waals surface area contributed by atoms with E-state index in [0.717, 1.165) is 62.3 Å². The molecular weight excluding hydrogens is 528 g/mol. The molecule has 0 saturated carbocycles. The average molecular weight is 567 g/mol. The van der Waals surface area contributed by atoms with Crippen LogP contribution in [-0.2, 0) is 31.8 Å². The summed E-state index contributed by atoms with van der Waals surface area (Å²) < 4.78 is 11.5. The minimum absolute atomic E-state index is 0.213. The lowest BCUT2D eigenvalue weighted by molar-refractivity contribution is -0.168. The van der Waals surface area contributed by atoms with Gasteiger partial charge in [0.05, 0.1) is 25.8 Å². The van der Waals surface area contributed by atoms with Crippen LogP contribution in [0.5, 0.6) is 5.75 Å². The molecule has 1 N–H and O–H groups in total. The number of hydrogen-bond donors (Lipinski definition) is 1. The maximum absolute atomic E-state index is 13.1. The van der Waals surface area contributed by atoms with Crippen molar-refractivity contribution in [3.05, 3.63) is 70.3 Å². The number of allylic oxidation sites excluding steroid dienone is 1. The predicted molar refractivity (Wildman–Crippen MR) is 156 cm³/mol. The van der Waals surface area contributed by atoms with Crippen molar-refractivity contribution in [3.63, 3.8) is 0 Å². The fourth-order valence-corrected chi connectivity index (χ4v) is 6.61. The van der Waals surface area contributed by atoms with Crippen LogP contribution in [0.2, 0.25) is 5.02 Å². The number of ether oxygens (including phenoxy) is 2. The lowest BCUT2D eigenvalue weighted by Crippen LogP contribution is -2.46. The number of halogens is 1. The van der Waals surface area contributed by atoms with Gasteiger partial charge in [0.1, 0.15) is 5.75 Å². The van der Waals surface area contributed by atoms with Crippen LogP contribution in [0, 0.1) is 0 Å². The smallest absolute Gasteiger partial charge is 0.343 e. The Morgan fingerprint density at radius 3 is 2.73 bits per heavy atom. The second-order valence-electron chi connectivity index (χ2n) is 11.4. The largest absolute Gasteiger partial charge is 0.490 e. The Bertz CT molecular complexity index is 1300. The van der Waals surface area contributed by atoms with Gasteiger partial charge in [-0.1, -0.05) is 35.9 Å². The second-order valence-corrected chi connectivity index (χ2v) is 11.9. The van der Waals surface area contributed by atoms with Crippen LogP contribution in [0.25, 0.3) is 0 Å². The average Bonchev–Trinajstić information content (AvgIpc) is 3.10. The maximum Gasteiger partial charge on any atom is 0.343 e. The van der Waals surface area contributed by atoms with Gasteiger partial charge in [-0.25, -0.2) is 4.79 Å². The molecule has 214 valence electrons. The Hall–Kier alpha value is -3.03. The number of esters is 1. The lowest BCUT2D eigenvalue weighted by Gasteiger charge is -2.41. The first-order chi connectivity index (χ1) is 19.3. The Morgan fingerprint density at radius 1 is 1.07 bits per heavy atom. The molecule has 1 spiro atoms.